The first kappa shape index (κ1) is 21.4. The standard InChI is InChI=1S/C13H12NO4PS.C7H8O/c1-14-19-18-11-4-8-13(9-5-11)20(16,17)12-6-2-10(15)3-7-12;1-8-7-5-3-2-4-6-7/h2-9,15H,1H3;2-6H,1H3. The molecule has 0 radical (unpaired) electrons. The summed E-state index contributed by atoms with van der Waals surface area (Å²) in [4.78, 5) is 0.297. The van der Waals surface area contributed by atoms with Gasteiger partial charge in [0, 0.05) is 7.05 Å². The molecule has 8 heteroatoms. The maximum atomic E-state index is 12.3. The van der Waals surface area contributed by atoms with Gasteiger partial charge in [-0.2, -0.15) is 0 Å². The molecule has 0 unspecified atom stereocenters. The third-order valence-electron chi connectivity index (χ3n) is 3.49. The van der Waals surface area contributed by atoms with Crippen LogP contribution in [-0.4, -0.2) is 27.7 Å². The number of phenolic OH excluding ortho intramolecular Hbond substituents is 1. The van der Waals surface area contributed by atoms with Crippen LogP contribution in [0, 0.1) is 0 Å². The molecule has 0 bridgehead atoms. The van der Waals surface area contributed by atoms with Gasteiger partial charge < -0.3 is 14.4 Å². The first-order chi connectivity index (χ1) is 13.5. The van der Waals surface area contributed by atoms with Gasteiger partial charge in [0.25, 0.3) is 0 Å². The van der Waals surface area contributed by atoms with Crippen LogP contribution in [-0.2, 0) is 9.84 Å². The van der Waals surface area contributed by atoms with Crippen molar-refractivity contribution in [3.8, 4) is 17.2 Å². The summed E-state index contributed by atoms with van der Waals surface area (Å²) in [6.07, 6.45) is 0. The van der Waals surface area contributed by atoms with E-state index in [0.717, 1.165) is 5.75 Å². The first-order valence-corrected chi connectivity index (χ1v) is 10.4. The molecule has 0 aromatic heterocycles. The van der Waals surface area contributed by atoms with Crippen LogP contribution >= 0.6 is 8.60 Å². The molecule has 0 saturated carbocycles. The van der Waals surface area contributed by atoms with Crippen molar-refractivity contribution in [2.24, 2.45) is 4.74 Å². The maximum absolute atomic E-state index is 12.3. The zero-order valence-corrected chi connectivity index (χ0v) is 17.1. The third kappa shape index (κ3) is 6.08. The molecule has 0 amide bonds. The largest absolute Gasteiger partial charge is 0.508 e. The lowest BCUT2D eigenvalue weighted by molar-refractivity contribution is 0.415. The molecule has 28 heavy (non-hydrogen) atoms. The Kier molecular flexibility index (Phi) is 7.99. The van der Waals surface area contributed by atoms with E-state index >= 15 is 0 Å². The van der Waals surface area contributed by atoms with Crippen molar-refractivity contribution in [1.82, 2.24) is 0 Å². The van der Waals surface area contributed by atoms with Crippen molar-refractivity contribution in [3.63, 3.8) is 0 Å². The number of methoxy groups -OCH3 is 1. The second-order valence-corrected chi connectivity index (χ2v) is 8.05. The highest BCUT2D eigenvalue weighted by Crippen LogP contribution is 2.25. The molecule has 6 nitrogen and oxygen atoms in total. The first-order valence-electron chi connectivity index (χ1n) is 8.16. The maximum Gasteiger partial charge on any atom is 0.241 e. The van der Waals surface area contributed by atoms with Crippen molar-refractivity contribution in [2.75, 3.05) is 14.2 Å². The molecule has 0 heterocycles. The van der Waals surface area contributed by atoms with E-state index in [2.05, 4.69) is 4.74 Å². The van der Waals surface area contributed by atoms with Crippen LogP contribution in [0.5, 0.6) is 17.2 Å². The predicted molar refractivity (Wildman–Crippen MR) is 109 cm³/mol. The summed E-state index contributed by atoms with van der Waals surface area (Å²) in [7, 11) is 0.151. The van der Waals surface area contributed by atoms with Gasteiger partial charge >= 0.3 is 0 Å². The summed E-state index contributed by atoms with van der Waals surface area (Å²) in [6.45, 7) is 0. The molecule has 3 aromatic carbocycles. The Balaban J connectivity index is 0.000000292. The van der Waals surface area contributed by atoms with Crippen molar-refractivity contribution in [3.05, 3.63) is 78.9 Å². The lowest BCUT2D eigenvalue weighted by atomic mass is 10.3. The van der Waals surface area contributed by atoms with E-state index in [1.54, 1.807) is 26.3 Å². The summed E-state index contributed by atoms with van der Waals surface area (Å²) in [5, 5.41) is 9.19. The average Bonchev–Trinajstić information content (AvgIpc) is 2.74. The number of para-hydroxylation sites is 1. The summed E-state index contributed by atoms with van der Waals surface area (Å²) in [5.74, 6) is 1.48. The molecular weight excluding hydrogens is 397 g/mol. The van der Waals surface area contributed by atoms with Crippen molar-refractivity contribution in [2.45, 2.75) is 9.79 Å². The minimum atomic E-state index is -3.59. The Hall–Kier alpha value is -2.89. The van der Waals surface area contributed by atoms with Gasteiger partial charge in [-0.15, -0.1) is 0 Å². The van der Waals surface area contributed by atoms with E-state index in [1.165, 1.54) is 36.4 Å². The SMILES string of the molecule is CN=POc1ccc(S(=O)(=O)c2ccc(O)cc2)cc1.COc1ccccc1. The molecule has 0 aliphatic rings. The number of nitrogens with zero attached hydrogens (tertiary/aromatic N) is 1. The Morgan fingerprint density at radius 2 is 1.36 bits per heavy atom. The molecule has 146 valence electrons. The molecular formula is C20H20NO5PS. The van der Waals surface area contributed by atoms with Crippen LogP contribution in [0.2, 0.25) is 0 Å². The Labute approximate surface area is 166 Å². The summed E-state index contributed by atoms with van der Waals surface area (Å²) >= 11 is 0. The van der Waals surface area contributed by atoms with E-state index in [4.69, 9.17) is 9.26 Å². The summed E-state index contributed by atoms with van der Waals surface area (Å²) in [6, 6.07) is 21.2. The number of hydrogen-bond donors (Lipinski definition) is 1. The van der Waals surface area contributed by atoms with Crippen LogP contribution < -0.4 is 9.26 Å². The number of rotatable bonds is 5. The van der Waals surface area contributed by atoms with Crippen LogP contribution in [0.1, 0.15) is 0 Å². The zero-order valence-electron chi connectivity index (χ0n) is 15.4. The van der Waals surface area contributed by atoms with Gasteiger partial charge in [-0.25, -0.2) is 13.2 Å². The van der Waals surface area contributed by atoms with E-state index in [0.29, 0.717) is 14.3 Å². The number of hydrogen-bond acceptors (Lipinski definition) is 6. The van der Waals surface area contributed by atoms with Gasteiger partial charge in [-0.1, -0.05) is 18.2 Å². The van der Waals surface area contributed by atoms with Crippen molar-refractivity contribution < 1.29 is 22.8 Å². The van der Waals surface area contributed by atoms with Crippen LogP contribution in [0.25, 0.3) is 0 Å². The lowest BCUT2D eigenvalue weighted by Gasteiger charge is -2.05. The molecule has 0 fully saturated rings. The highest BCUT2D eigenvalue weighted by molar-refractivity contribution is 7.91. The van der Waals surface area contributed by atoms with Crippen LogP contribution in [0.4, 0.5) is 0 Å². The summed E-state index contributed by atoms with van der Waals surface area (Å²) in [5.41, 5.74) is 0. The van der Waals surface area contributed by atoms with Crippen LogP contribution in [0.15, 0.2) is 93.4 Å². The molecule has 3 aromatic rings. The molecule has 1 N–H and O–H groups in total. The Morgan fingerprint density at radius 1 is 0.821 bits per heavy atom. The molecule has 0 aliphatic carbocycles. The van der Waals surface area contributed by atoms with E-state index in [9.17, 15) is 13.5 Å². The Bertz CT molecular complexity index is 989. The van der Waals surface area contributed by atoms with Gasteiger partial charge in [0.05, 0.1) is 16.9 Å². The van der Waals surface area contributed by atoms with E-state index in [1.807, 2.05) is 30.3 Å². The molecule has 0 saturated heterocycles. The second kappa shape index (κ2) is 10.4. The zero-order chi connectivity index (χ0) is 20.4. The number of phenols is 1. The summed E-state index contributed by atoms with van der Waals surface area (Å²) < 4.78 is 38.6. The number of sulfone groups is 1. The second-order valence-electron chi connectivity index (χ2n) is 5.36. The van der Waals surface area contributed by atoms with E-state index in [-0.39, 0.29) is 15.5 Å². The monoisotopic (exact) mass is 417 g/mol. The minimum absolute atomic E-state index is 0.0232. The van der Waals surface area contributed by atoms with Gasteiger partial charge in [-0.3, -0.25) is 0 Å². The fourth-order valence-electron chi connectivity index (χ4n) is 2.09. The van der Waals surface area contributed by atoms with Gasteiger partial charge in [0.2, 0.25) is 18.4 Å². The molecule has 0 spiro atoms. The lowest BCUT2D eigenvalue weighted by Crippen LogP contribution is -2.01. The number of ether oxygens (including phenoxy) is 1. The number of aromatic hydroxyl groups is 1. The van der Waals surface area contributed by atoms with E-state index < -0.39 is 9.84 Å². The molecule has 0 atom stereocenters. The number of benzene rings is 3. The predicted octanol–water partition coefficient (Wildman–Crippen LogP) is 4.97. The highest BCUT2D eigenvalue weighted by atomic mass is 32.2. The normalized spacial score (nSPS) is 10.8. The van der Waals surface area contributed by atoms with Crippen molar-refractivity contribution >= 4 is 18.4 Å². The quantitative estimate of drug-likeness (QED) is 0.592. The smallest absolute Gasteiger partial charge is 0.241 e. The van der Waals surface area contributed by atoms with Gasteiger partial charge in [-0.05, 0) is 60.7 Å². The van der Waals surface area contributed by atoms with Gasteiger partial charge in [0.15, 0.2) is 0 Å². The highest BCUT2D eigenvalue weighted by Gasteiger charge is 2.17. The molecule has 0 aliphatic heterocycles. The molecule has 3 rings (SSSR count). The van der Waals surface area contributed by atoms with Gasteiger partial charge in [0.1, 0.15) is 17.2 Å². The van der Waals surface area contributed by atoms with Crippen LogP contribution in [0.3, 0.4) is 0 Å². The Morgan fingerprint density at radius 3 is 1.82 bits per heavy atom. The minimum Gasteiger partial charge on any atom is -0.508 e. The average molecular weight is 417 g/mol. The van der Waals surface area contributed by atoms with Crippen molar-refractivity contribution in [1.29, 1.82) is 0 Å². The topological polar surface area (TPSA) is 85.2 Å². The third-order valence-corrected chi connectivity index (χ3v) is 5.73. The fraction of sp³-hybridized carbons (Fsp3) is 0.100. The fourth-order valence-corrected chi connectivity index (χ4v) is 3.64.